The van der Waals surface area contributed by atoms with Crippen LogP contribution in [0.2, 0.25) is 0 Å². The molecular formula is C15H8Br2N4. The molecule has 1 aromatic carbocycles. The summed E-state index contributed by atoms with van der Waals surface area (Å²) in [5.41, 5.74) is 3.65. The molecule has 0 amide bonds. The second kappa shape index (κ2) is 5.80. The third kappa shape index (κ3) is 2.89. The summed E-state index contributed by atoms with van der Waals surface area (Å²) in [5, 5.41) is 12.5. The molecule has 21 heavy (non-hydrogen) atoms. The lowest BCUT2D eigenvalue weighted by Gasteiger charge is -2.10. The Morgan fingerprint density at radius 3 is 2.67 bits per heavy atom. The van der Waals surface area contributed by atoms with Crippen molar-refractivity contribution in [2.24, 2.45) is 0 Å². The van der Waals surface area contributed by atoms with Gasteiger partial charge in [0.15, 0.2) is 0 Å². The van der Waals surface area contributed by atoms with Crippen LogP contribution < -0.4 is 5.32 Å². The number of nitrogens with zero attached hydrogens (tertiary/aromatic N) is 3. The van der Waals surface area contributed by atoms with Crippen LogP contribution >= 0.6 is 31.9 Å². The monoisotopic (exact) mass is 402 g/mol. The van der Waals surface area contributed by atoms with E-state index in [9.17, 15) is 5.26 Å². The van der Waals surface area contributed by atoms with Crippen molar-refractivity contribution in [2.75, 3.05) is 5.32 Å². The van der Waals surface area contributed by atoms with Gasteiger partial charge >= 0.3 is 0 Å². The molecule has 6 heteroatoms. The number of fused-ring (bicyclic) bond motifs is 1. The summed E-state index contributed by atoms with van der Waals surface area (Å²) in [7, 11) is 0. The molecule has 3 aromatic rings. The zero-order valence-electron chi connectivity index (χ0n) is 10.6. The van der Waals surface area contributed by atoms with Gasteiger partial charge in [0.2, 0.25) is 0 Å². The molecule has 0 aliphatic carbocycles. The number of rotatable bonds is 2. The van der Waals surface area contributed by atoms with Crippen molar-refractivity contribution in [1.82, 2.24) is 9.97 Å². The summed E-state index contributed by atoms with van der Waals surface area (Å²) in [6, 6.07) is 11.4. The quantitative estimate of drug-likeness (QED) is 0.669. The smallest absolute Gasteiger partial charge is 0.112 e. The summed E-state index contributed by atoms with van der Waals surface area (Å²) >= 11 is 6.75. The molecule has 0 aliphatic heterocycles. The summed E-state index contributed by atoms with van der Waals surface area (Å²) < 4.78 is 1.74. The molecular weight excluding hydrogens is 396 g/mol. The lowest BCUT2D eigenvalue weighted by Crippen LogP contribution is -1.96. The van der Waals surface area contributed by atoms with Crippen molar-refractivity contribution in [3.63, 3.8) is 0 Å². The topological polar surface area (TPSA) is 61.6 Å². The van der Waals surface area contributed by atoms with Crippen LogP contribution in [0.4, 0.5) is 11.4 Å². The van der Waals surface area contributed by atoms with Crippen LogP contribution in [0.5, 0.6) is 0 Å². The van der Waals surface area contributed by atoms with E-state index in [-0.39, 0.29) is 0 Å². The maximum atomic E-state index is 9.23. The van der Waals surface area contributed by atoms with Crippen molar-refractivity contribution in [3.8, 4) is 6.07 Å². The van der Waals surface area contributed by atoms with Gasteiger partial charge in [-0.05, 0) is 46.3 Å². The third-order valence-electron chi connectivity index (χ3n) is 2.92. The second-order valence-corrected chi connectivity index (χ2v) is 6.14. The Bertz CT molecular complexity index is 871. The van der Waals surface area contributed by atoms with E-state index in [0.717, 1.165) is 31.4 Å². The van der Waals surface area contributed by atoms with Gasteiger partial charge in [0.1, 0.15) is 11.6 Å². The number of nitrogens with one attached hydrogen (secondary N) is 1. The molecule has 0 atom stereocenters. The molecule has 0 fully saturated rings. The first-order valence-electron chi connectivity index (χ1n) is 6.04. The zero-order chi connectivity index (χ0) is 14.8. The second-order valence-electron chi connectivity index (χ2n) is 4.31. The van der Waals surface area contributed by atoms with Gasteiger partial charge in [-0.1, -0.05) is 15.9 Å². The molecule has 0 bridgehead atoms. The van der Waals surface area contributed by atoms with Crippen molar-refractivity contribution < 1.29 is 0 Å². The first-order chi connectivity index (χ1) is 10.2. The molecule has 1 N–H and O–H groups in total. The molecule has 4 nitrogen and oxygen atoms in total. The van der Waals surface area contributed by atoms with Gasteiger partial charge in [-0.15, -0.1) is 0 Å². The number of halogens is 2. The highest BCUT2D eigenvalue weighted by Gasteiger charge is 2.07. The maximum Gasteiger partial charge on any atom is 0.112 e. The highest BCUT2D eigenvalue weighted by atomic mass is 79.9. The molecule has 0 unspecified atom stereocenters. The van der Waals surface area contributed by atoms with E-state index in [1.54, 1.807) is 18.5 Å². The predicted molar refractivity (Wildman–Crippen MR) is 89.4 cm³/mol. The molecule has 0 aliphatic rings. The molecule has 0 radical (unpaired) electrons. The fraction of sp³-hybridized carbons (Fsp3) is 0. The fourth-order valence-electron chi connectivity index (χ4n) is 1.97. The Labute approximate surface area is 138 Å². The van der Waals surface area contributed by atoms with E-state index in [4.69, 9.17) is 0 Å². The minimum absolute atomic E-state index is 0.562. The Hall–Kier alpha value is -1.97. The van der Waals surface area contributed by atoms with Crippen LogP contribution in [0.3, 0.4) is 0 Å². The minimum Gasteiger partial charge on any atom is -0.353 e. The number of aromatic nitrogens is 2. The lowest BCUT2D eigenvalue weighted by atomic mass is 10.2. The molecule has 102 valence electrons. The van der Waals surface area contributed by atoms with Crippen LogP contribution in [0.15, 0.2) is 51.7 Å². The number of benzene rings is 1. The van der Waals surface area contributed by atoms with E-state index in [1.165, 1.54) is 0 Å². The van der Waals surface area contributed by atoms with Gasteiger partial charge in [0.25, 0.3) is 0 Å². The highest BCUT2D eigenvalue weighted by molar-refractivity contribution is 9.10. The fourth-order valence-corrected chi connectivity index (χ4v) is 2.65. The number of pyridine rings is 2. The molecule has 0 spiro atoms. The standard InChI is InChI=1S/C15H8Br2N4/c16-10-1-2-12(9(5-10)7-18)21-13-3-4-19-14-6-11(17)8-20-15(13)14/h1-6,8H,(H,19,21). The van der Waals surface area contributed by atoms with E-state index in [1.807, 2.05) is 24.3 Å². The Kier molecular flexibility index (Phi) is 3.86. The van der Waals surface area contributed by atoms with Crippen LogP contribution in [0, 0.1) is 11.3 Å². The van der Waals surface area contributed by atoms with Gasteiger partial charge in [0, 0.05) is 21.3 Å². The summed E-state index contributed by atoms with van der Waals surface area (Å²) in [6.45, 7) is 0. The lowest BCUT2D eigenvalue weighted by molar-refractivity contribution is 1.32. The summed E-state index contributed by atoms with van der Waals surface area (Å²) in [5.74, 6) is 0. The highest BCUT2D eigenvalue weighted by Crippen LogP contribution is 2.28. The maximum absolute atomic E-state index is 9.23. The third-order valence-corrected chi connectivity index (χ3v) is 3.84. The van der Waals surface area contributed by atoms with E-state index >= 15 is 0 Å². The Balaban J connectivity index is 2.09. The molecule has 0 saturated carbocycles. The molecule has 0 saturated heterocycles. The Morgan fingerprint density at radius 2 is 1.86 bits per heavy atom. The van der Waals surface area contributed by atoms with Crippen LogP contribution in [-0.4, -0.2) is 9.97 Å². The number of anilines is 2. The molecule has 3 rings (SSSR count). The first-order valence-corrected chi connectivity index (χ1v) is 7.63. The van der Waals surface area contributed by atoms with Gasteiger partial charge in [-0.25, -0.2) is 0 Å². The van der Waals surface area contributed by atoms with Gasteiger partial charge in [-0.2, -0.15) is 5.26 Å². The molecule has 2 aromatic heterocycles. The van der Waals surface area contributed by atoms with Crippen LogP contribution in [0.25, 0.3) is 11.0 Å². The van der Waals surface area contributed by atoms with Gasteiger partial charge in [-0.3, -0.25) is 9.97 Å². The average molecular weight is 404 g/mol. The number of hydrogen-bond donors (Lipinski definition) is 1. The first kappa shape index (κ1) is 14.0. The predicted octanol–water partition coefficient (Wildman–Crippen LogP) is 4.77. The SMILES string of the molecule is N#Cc1cc(Br)ccc1Nc1ccnc2cc(Br)cnc12. The Morgan fingerprint density at radius 1 is 1.00 bits per heavy atom. The van der Waals surface area contributed by atoms with Crippen LogP contribution in [0.1, 0.15) is 5.56 Å². The van der Waals surface area contributed by atoms with E-state index < -0.39 is 0 Å². The van der Waals surface area contributed by atoms with Gasteiger partial charge < -0.3 is 5.32 Å². The van der Waals surface area contributed by atoms with Crippen molar-refractivity contribution >= 4 is 54.3 Å². The molecule has 2 heterocycles. The summed E-state index contributed by atoms with van der Waals surface area (Å²) in [4.78, 5) is 8.68. The van der Waals surface area contributed by atoms with Gasteiger partial charge in [0.05, 0.1) is 22.5 Å². The number of nitriles is 1. The minimum atomic E-state index is 0.562. The zero-order valence-corrected chi connectivity index (χ0v) is 13.8. The number of hydrogen-bond acceptors (Lipinski definition) is 4. The largest absolute Gasteiger partial charge is 0.353 e. The summed E-state index contributed by atoms with van der Waals surface area (Å²) in [6.07, 6.45) is 3.44. The van der Waals surface area contributed by atoms with E-state index in [2.05, 4.69) is 53.2 Å². The average Bonchev–Trinajstić information content (AvgIpc) is 2.49. The van der Waals surface area contributed by atoms with E-state index in [0.29, 0.717) is 5.56 Å². The van der Waals surface area contributed by atoms with Crippen molar-refractivity contribution in [1.29, 1.82) is 5.26 Å². The van der Waals surface area contributed by atoms with Crippen LogP contribution in [-0.2, 0) is 0 Å². The normalized spacial score (nSPS) is 10.3. The van der Waals surface area contributed by atoms with Crippen molar-refractivity contribution in [2.45, 2.75) is 0 Å². The van der Waals surface area contributed by atoms with Crippen molar-refractivity contribution in [3.05, 3.63) is 57.2 Å².